The topological polar surface area (TPSA) is 72.3 Å². The summed E-state index contributed by atoms with van der Waals surface area (Å²) in [5.41, 5.74) is 4.66. The van der Waals surface area contributed by atoms with Crippen LogP contribution < -0.4 is 10.7 Å². The summed E-state index contributed by atoms with van der Waals surface area (Å²) >= 11 is 0. The quantitative estimate of drug-likeness (QED) is 0.288. The van der Waals surface area contributed by atoms with Gasteiger partial charge >= 0.3 is 0 Å². The summed E-state index contributed by atoms with van der Waals surface area (Å²) in [7, 11) is 0. The van der Waals surface area contributed by atoms with Crippen LogP contribution >= 0.6 is 0 Å². The monoisotopic (exact) mass is 434 g/mol. The maximum atomic E-state index is 9.51. The fourth-order valence-corrected chi connectivity index (χ4v) is 5.29. The molecular formula is C30H18N4. The first-order valence-electron chi connectivity index (χ1n) is 11.0. The average molecular weight is 435 g/mol. The minimum absolute atomic E-state index is 0.685. The molecule has 34 heavy (non-hydrogen) atoms. The van der Waals surface area contributed by atoms with Crippen LogP contribution in [0.4, 0.5) is 0 Å². The van der Waals surface area contributed by atoms with Gasteiger partial charge in [-0.25, -0.2) is 0 Å². The van der Waals surface area contributed by atoms with E-state index in [2.05, 4.69) is 72.4 Å². The number of fused-ring (bicyclic) bond motifs is 6. The first kappa shape index (κ1) is 19.9. The van der Waals surface area contributed by atoms with Gasteiger partial charge in [0.2, 0.25) is 12.4 Å². The van der Waals surface area contributed by atoms with E-state index in [4.69, 9.17) is 0 Å². The standard InChI is InChI=1S/C30H18N4/c1-17-9-18(2)11-20(10-17)19-7-8-22-25-14-27-24(13-28(25)30(34-16-32)26(22)12-19)21-5-3-4-6-23(21)29(27)33-15-31/h3-14H,1-2H3. The van der Waals surface area contributed by atoms with Gasteiger partial charge in [-0.15, -0.1) is 0 Å². The van der Waals surface area contributed by atoms with Gasteiger partial charge in [0.05, 0.1) is 10.7 Å². The Kier molecular flexibility index (Phi) is 4.30. The van der Waals surface area contributed by atoms with Gasteiger partial charge in [-0.2, -0.15) is 20.5 Å². The molecule has 6 aromatic rings. The lowest BCUT2D eigenvalue weighted by molar-refractivity contribution is 1.37. The van der Waals surface area contributed by atoms with E-state index >= 15 is 0 Å². The van der Waals surface area contributed by atoms with Crippen molar-refractivity contribution in [1.29, 1.82) is 10.5 Å². The summed E-state index contributed by atoms with van der Waals surface area (Å²) in [4.78, 5) is 8.41. The van der Waals surface area contributed by atoms with Crippen molar-refractivity contribution in [3.8, 4) is 23.5 Å². The van der Waals surface area contributed by atoms with Crippen LogP contribution in [0.1, 0.15) is 11.1 Å². The van der Waals surface area contributed by atoms with Crippen molar-refractivity contribution < 1.29 is 0 Å². The summed E-state index contributed by atoms with van der Waals surface area (Å²) in [5, 5.41) is 28.1. The third-order valence-corrected chi connectivity index (χ3v) is 6.58. The van der Waals surface area contributed by atoms with Crippen molar-refractivity contribution in [2.24, 2.45) is 9.98 Å². The van der Waals surface area contributed by atoms with E-state index in [0.717, 1.165) is 54.2 Å². The molecule has 0 spiro atoms. The van der Waals surface area contributed by atoms with Crippen LogP contribution in [0.2, 0.25) is 0 Å². The summed E-state index contributed by atoms with van der Waals surface area (Å²) in [6.45, 7) is 4.20. The van der Waals surface area contributed by atoms with Crippen LogP contribution in [-0.4, -0.2) is 0 Å². The van der Waals surface area contributed by atoms with Crippen molar-refractivity contribution >= 4 is 43.1 Å². The highest BCUT2D eigenvalue weighted by Crippen LogP contribution is 2.34. The van der Waals surface area contributed by atoms with Gasteiger partial charge < -0.3 is 0 Å². The fourth-order valence-electron chi connectivity index (χ4n) is 5.29. The minimum Gasteiger partial charge on any atom is -0.172 e. The molecular weight excluding hydrogens is 416 g/mol. The van der Waals surface area contributed by atoms with Gasteiger partial charge in [0.1, 0.15) is 0 Å². The molecule has 0 aliphatic rings. The lowest BCUT2D eigenvalue weighted by atomic mass is 9.99. The van der Waals surface area contributed by atoms with Gasteiger partial charge in [0, 0.05) is 21.5 Å². The fraction of sp³-hybridized carbons (Fsp3) is 0.0667. The van der Waals surface area contributed by atoms with Crippen LogP contribution in [0.25, 0.3) is 54.2 Å². The Labute approximate surface area is 195 Å². The van der Waals surface area contributed by atoms with E-state index in [0.29, 0.717) is 10.7 Å². The molecule has 0 saturated carbocycles. The second-order valence-corrected chi connectivity index (χ2v) is 8.75. The number of nitrogens with zero attached hydrogens (tertiary/aromatic N) is 4. The molecule has 4 nitrogen and oxygen atoms in total. The van der Waals surface area contributed by atoms with Crippen molar-refractivity contribution in [3.05, 3.63) is 94.6 Å². The zero-order valence-electron chi connectivity index (χ0n) is 18.7. The van der Waals surface area contributed by atoms with Crippen LogP contribution in [0, 0.1) is 36.8 Å². The SMILES string of the molecule is Cc1cc(C)cc(-c2ccc3c(c2)c(=NC#N)c2cc4c(cc23)c(=NC#N)c2ccccc24)c1. The van der Waals surface area contributed by atoms with Gasteiger partial charge in [0.25, 0.3) is 0 Å². The van der Waals surface area contributed by atoms with Gasteiger partial charge in [0.15, 0.2) is 0 Å². The second kappa shape index (κ2) is 7.37. The maximum absolute atomic E-state index is 9.51. The molecule has 4 heteroatoms. The van der Waals surface area contributed by atoms with E-state index in [1.165, 1.54) is 11.1 Å². The Morgan fingerprint density at radius 2 is 1.03 bits per heavy atom. The Morgan fingerprint density at radius 1 is 0.500 bits per heavy atom. The van der Waals surface area contributed by atoms with E-state index in [1.807, 2.05) is 36.7 Å². The average Bonchev–Trinajstić information content (AvgIpc) is 3.30. The van der Waals surface area contributed by atoms with Crippen LogP contribution in [0.15, 0.2) is 82.8 Å². The van der Waals surface area contributed by atoms with Crippen molar-refractivity contribution in [1.82, 2.24) is 0 Å². The Hall–Kier alpha value is -4.80. The smallest absolute Gasteiger partial charge is 0.172 e. The third kappa shape index (κ3) is 2.83. The molecule has 0 N–H and O–H groups in total. The summed E-state index contributed by atoms with van der Waals surface area (Å²) in [6, 6.07) is 25.0. The molecule has 0 heterocycles. The molecule has 0 aliphatic carbocycles. The van der Waals surface area contributed by atoms with Gasteiger partial charge in [-0.1, -0.05) is 65.7 Å². The number of rotatable bonds is 1. The van der Waals surface area contributed by atoms with Crippen molar-refractivity contribution in [2.75, 3.05) is 0 Å². The van der Waals surface area contributed by atoms with Crippen LogP contribution in [0.3, 0.4) is 0 Å². The molecule has 0 aromatic heterocycles. The lowest BCUT2D eigenvalue weighted by Crippen LogP contribution is -1.99. The van der Waals surface area contributed by atoms with Gasteiger partial charge in [-0.05, 0) is 64.7 Å². The molecule has 0 bridgehead atoms. The lowest BCUT2D eigenvalue weighted by Gasteiger charge is -2.06. The molecule has 6 aromatic carbocycles. The molecule has 158 valence electrons. The van der Waals surface area contributed by atoms with E-state index in [1.54, 1.807) is 0 Å². The maximum Gasteiger partial charge on any atom is 0.206 e. The van der Waals surface area contributed by atoms with E-state index in [-0.39, 0.29) is 0 Å². The largest absolute Gasteiger partial charge is 0.206 e. The second-order valence-electron chi connectivity index (χ2n) is 8.75. The number of nitriles is 2. The molecule has 0 aliphatic heterocycles. The Balaban J connectivity index is 1.77. The minimum atomic E-state index is 0.685. The predicted octanol–water partition coefficient (Wildman–Crippen LogP) is 6.22. The number of hydrogen-bond acceptors (Lipinski definition) is 4. The summed E-state index contributed by atoms with van der Waals surface area (Å²) in [6.07, 6.45) is 3.97. The van der Waals surface area contributed by atoms with E-state index < -0.39 is 0 Å². The van der Waals surface area contributed by atoms with Crippen LogP contribution in [-0.2, 0) is 0 Å². The first-order chi connectivity index (χ1) is 16.6. The van der Waals surface area contributed by atoms with E-state index in [9.17, 15) is 10.5 Å². The molecule has 0 amide bonds. The molecule has 0 saturated heterocycles. The summed E-state index contributed by atoms with van der Waals surface area (Å²) < 4.78 is 0. The first-order valence-corrected chi connectivity index (χ1v) is 11.0. The zero-order valence-corrected chi connectivity index (χ0v) is 18.7. The number of benzene rings is 4. The normalized spacial score (nSPS) is 12.7. The number of hydrogen-bond donors (Lipinski definition) is 0. The molecule has 0 radical (unpaired) electrons. The van der Waals surface area contributed by atoms with Crippen molar-refractivity contribution in [2.45, 2.75) is 13.8 Å². The molecule has 0 atom stereocenters. The number of aryl methyl sites for hydroxylation is 2. The summed E-state index contributed by atoms with van der Waals surface area (Å²) in [5.74, 6) is 0. The van der Waals surface area contributed by atoms with Gasteiger partial charge in [-0.3, -0.25) is 0 Å². The Morgan fingerprint density at radius 3 is 1.65 bits per heavy atom. The molecule has 0 unspecified atom stereocenters. The van der Waals surface area contributed by atoms with Crippen molar-refractivity contribution in [3.63, 3.8) is 0 Å². The molecule has 6 rings (SSSR count). The Bertz CT molecular complexity index is 1980. The highest BCUT2D eigenvalue weighted by Gasteiger charge is 2.15. The highest BCUT2D eigenvalue weighted by atomic mass is 14.7. The van der Waals surface area contributed by atoms with Crippen LogP contribution in [0.5, 0.6) is 0 Å². The highest BCUT2D eigenvalue weighted by molar-refractivity contribution is 6.21. The third-order valence-electron chi connectivity index (χ3n) is 6.58. The molecule has 0 fully saturated rings. The predicted molar refractivity (Wildman–Crippen MR) is 136 cm³/mol. The zero-order chi connectivity index (χ0) is 23.4.